The van der Waals surface area contributed by atoms with Crippen LogP contribution in [-0.2, 0) is 0 Å². The fourth-order valence-electron chi connectivity index (χ4n) is 2.23. The highest BCUT2D eigenvalue weighted by molar-refractivity contribution is 5.75. The third-order valence-corrected chi connectivity index (χ3v) is 3.50. The molecule has 0 aliphatic rings. The first-order chi connectivity index (χ1) is 12.1. The molecule has 25 heavy (non-hydrogen) atoms. The van der Waals surface area contributed by atoms with Crippen molar-refractivity contribution in [1.82, 2.24) is 9.97 Å². The van der Waals surface area contributed by atoms with Gasteiger partial charge in [-0.25, -0.2) is 9.97 Å². The summed E-state index contributed by atoms with van der Waals surface area (Å²) in [5.74, 6) is 0.187. The monoisotopic (exact) mass is 336 g/mol. The molecular weight excluding hydrogens is 320 g/mol. The van der Waals surface area contributed by atoms with Crippen LogP contribution in [0.2, 0.25) is 0 Å². The number of aryl methyl sites for hydroxylation is 1. The standard InChI is InChI=1S/C17H16N6O2/c1-12-7-5-6-10-14(12)20-16-15(23(24)25)17(19-11-18-16)22-21-13-8-3-2-4-9-13/h2-11,21H,1H3,(H2,18,19,20,22). The predicted octanol–water partition coefficient (Wildman–Crippen LogP) is 3.88. The van der Waals surface area contributed by atoms with Gasteiger partial charge in [-0.05, 0) is 30.7 Å². The molecule has 0 saturated carbocycles. The predicted molar refractivity (Wildman–Crippen MR) is 96.8 cm³/mol. The molecule has 126 valence electrons. The van der Waals surface area contributed by atoms with Crippen LogP contribution in [0.25, 0.3) is 0 Å². The van der Waals surface area contributed by atoms with Crippen LogP contribution in [0.1, 0.15) is 5.56 Å². The van der Waals surface area contributed by atoms with Gasteiger partial charge in [0.15, 0.2) is 0 Å². The van der Waals surface area contributed by atoms with Gasteiger partial charge in [0.05, 0.1) is 10.6 Å². The summed E-state index contributed by atoms with van der Waals surface area (Å²) in [7, 11) is 0. The molecule has 0 unspecified atom stereocenters. The number of hydrazine groups is 1. The Morgan fingerprint density at radius 1 is 0.920 bits per heavy atom. The zero-order valence-corrected chi connectivity index (χ0v) is 13.4. The highest BCUT2D eigenvalue weighted by Crippen LogP contribution is 2.31. The number of benzene rings is 2. The summed E-state index contributed by atoms with van der Waals surface area (Å²) < 4.78 is 0. The van der Waals surface area contributed by atoms with E-state index in [4.69, 9.17) is 0 Å². The molecular formula is C17H16N6O2. The molecule has 8 nitrogen and oxygen atoms in total. The number of hydrogen-bond acceptors (Lipinski definition) is 7. The molecule has 0 aliphatic carbocycles. The highest BCUT2D eigenvalue weighted by Gasteiger charge is 2.23. The summed E-state index contributed by atoms with van der Waals surface area (Å²) in [6.07, 6.45) is 1.27. The first kappa shape index (κ1) is 16.2. The van der Waals surface area contributed by atoms with Crippen molar-refractivity contribution in [1.29, 1.82) is 0 Å². The summed E-state index contributed by atoms with van der Waals surface area (Å²) in [5.41, 5.74) is 7.86. The van der Waals surface area contributed by atoms with Gasteiger partial charge in [0.2, 0.25) is 11.6 Å². The molecule has 3 rings (SSSR count). The summed E-state index contributed by atoms with van der Waals surface area (Å²) in [4.78, 5) is 19.0. The van der Waals surface area contributed by atoms with E-state index in [1.54, 1.807) is 0 Å². The van der Waals surface area contributed by atoms with Crippen molar-refractivity contribution in [3.8, 4) is 0 Å². The quantitative estimate of drug-likeness (QED) is 0.463. The van der Waals surface area contributed by atoms with E-state index in [2.05, 4.69) is 26.1 Å². The third-order valence-electron chi connectivity index (χ3n) is 3.50. The molecule has 1 aromatic heterocycles. The van der Waals surface area contributed by atoms with E-state index in [9.17, 15) is 10.1 Å². The number of nitro groups is 1. The Hall–Kier alpha value is -3.68. The zero-order chi connectivity index (χ0) is 17.6. The van der Waals surface area contributed by atoms with Crippen LogP contribution in [0.3, 0.4) is 0 Å². The highest BCUT2D eigenvalue weighted by atomic mass is 16.6. The van der Waals surface area contributed by atoms with Crippen LogP contribution < -0.4 is 16.2 Å². The van der Waals surface area contributed by atoms with E-state index in [-0.39, 0.29) is 17.3 Å². The van der Waals surface area contributed by atoms with Gasteiger partial charge < -0.3 is 5.32 Å². The number of nitrogens with zero attached hydrogens (tertiary/aromatic N) is 3. The number of nitrogens with one attached hydrogen (secondary N) is 3. The molecule has 0 saturated heterocycles. The van der Waals surface area contributed by atoms with Crippen LogP contribution in [0.5, 0.6) is 0 Å². The second-order valence-corrected chi connectivity index (χ2v) is 5.23. The maximum absolute atomic E-state index is 11.5. The molecule has 8 heteroatoms. The first-order valence-electron chi connectivity index (χ1n) is 7.54. The second-order valence-electron chi connectivity index (χ2n) is 5.23. The minimum absolute atomic E-state index is 0.0694. The maximum atomic E-state index is 11.5. The maximum Gasteiger partial charge on any atom is 0.355 e. The molecule has 0 fully saturated rings. The third kappa shape index (κ3) is 3.81. The fourth-order valence-corrected chi connectivity index (χ4v) is 2.23. The van der Waals surface area contributed by atoms with Crippen LogP contribution in [0, 0.1) is 17.0 Å². The molecule has 0 spiro atoms. The first-order valence-corrected chi connectivity index (χ1v) is 7.54. The zero-order valence-electron chi connectivity index (χ0n) is 13.4. The lowest BCUT2D eigenvalue weighted by Crippen LogP contribution is -2.13. The molecule has 3 N–H and O–H groups in total. The van der Waals surface area contributed by atoms with Gasteiger partial charge in [0.1, 0.15) is 6.33 Å². The Balaban J connectivity index is 1.89. The summed E-state index contributed by atoms with van der Waals surface area (Å²) in [6.45, 7) is 1.91. The van der Waals surface area contributed by atoms with Gasteiger partial charge in [0.25, 0.3) is 0 Å². The lowest BCUT2D eigenvalue weighted by atomic mass is 10.2. The van der Waals surface area contributed by atoms with Gasteiger partial charge in [-0.15, -0.1) is 0 Å². The smallest absolute Gasteiger partial charge is 0.334 e. The molecule has 2 aromatic carbocycles. The minimum Gasteiger partial charge on any atom is -0.334 e. The van der Waals surface area contributed by atoms with Gasteiger partial charge in [0, 0.05) is 5.69 Å². The number of rotatable bonds is 6. The molecule has 1 heterocycles. The van der Waals surface area contributed by atoms with Crippen molar-refractivity contribution in [3.05, 3.63) is 76.6 Å². The SMILES string of the molecule is Cc1ccccc1Nc1ncnc(NNc2ccccc2)c1[N+](=O)[O-]. The summed E-state index contributed by atoms with van der Waals surface area (Å²) >= 11 is 0. The van der Waals surface area contributed by atoms with Gasteiger partial charge in [-0.2, -0.15) is 0 Å². The van der Waals surface area contributed by atoms with Gasteiger partial charge in [-0.3, -0.25) is 21.0 Å². The van der Waals surface area contributed by atoms with Crippen molar-refractivity contribution >= 4 is 28.7 Å². The average molecular weight is 336 g/mol. The molecule has 0 radical (unpaired) electrons. The molecule has 3 aromatic rings. The van der Waals surface area contributed by atoms with Crippen molar-refractivity contribution in [2.75, 3.05) is 16.2 Å². The molecule has 0 aliphatic heterocycles. The van der Waals surface area contributed by atoms with Crippen molar-refractivity contribution in [2.45, 2.75) is 6.92 Å². The van der Waals surface area contributed by atoms with E-state index in [1.807, 2.05) is 61.5 Å². The van der Waals surface area contributed by atoms with E-state index >= 15 is 0 Å². The van der Waals surface area contributed by atoms with Crippen LogP contribution in [0.15, 0.2) is 60.9 Å². The lowest BCUT2D eigenvalue weighted by molar-refractivity contribution is -0.383. The summed E-state index contributed by atoms with van der Waals surface area (Å²) in [6, 6.07) is 16.7. The molecule has 0 amide bonds. The van der Waals surface area contributed by atoms with Crippen molar-refractivity contribution in [2.24, 2.45) is 0 Å². The Bertz CT molecular complexity index is 885. The second kappa shape index (κ2) is 7.26. The normalized spacial score (nSPS) is 10.1. The number of anilines is 4. The van der Waals surface area contributed by atoms with Crippen LogP contribution >= 0.6 is 0 Å². The number of hydrogen-bond donors (Lipinski definition) is 3. The van der Waals surface area contributed by atoms with Crippen LogP contribution in [0.4, 0.5) is 28.7 Å². The van der Waals surface area contributed by atoms with E-state index in [0.29, 0.717) is 0 Å². The number of aromatic nitrogens is 2. The van der Waals surface area contributed by atoms with E-state index in [0.717, 1.165) is 16.9 Å². The Morgan fingerprint density at radius 3 is 2.32 bits per heavy atom. The summed E-state index contributed by atoms with van der Waals surface area (Å²) in [5, 5.41) is 14.5. The van der Waals surface area contributed by atoms with Crippen LogP contribution in [-0.4, -0.2) is 14.9 Å². The molecule has 0 bridgehead atoms. The average Bonchev–Trinajstić information content (AvgIpc) is 2.62. The van der Waals surface area contributed by atoms with E-state index < -0.39 is 4.92 Å². The van der Waals surface area contributed by atoms with Gasteiger partial charge >= 0.3 is 5.69 Å². The largest absolute Gasteiger partial charge is 0.355 e. The van der Waals surface area contributed by atoms with Crippen molar-refractivity contribution in [3.63, 3.8) is 0 Å². The minimum atomic E-state index is -0.518. The fraction of sp³-hybridized carbons (Fsp3) is 0.0588. The molecule has 0 atom stereocenters. The number of para-hydroxylation sites is 2. The Morgan fingerprint density at radius 2 is 1.60 bits per heavy atom. The topological polar surface area (TPSA) is 105 Å². The van der Waals surface area contributed by atoms with Gasteiger partial charge in [-0.1, -0.05) is 36.4 Å². The van der Waals surface area contributed by atoms with Crippen molar-refractivity contribution < 1.29 is 4.92 Å². The Labute approximate surface area is 144 Å². The van der Waals surface area contributed by atoms with E-state index in [1.165, 1.54) is 6.33 Å². The lowest BCUT2D eigenvalue weighted by Gasteiger charge is -2.12. The Kier molecular flexibility index (Phi) is 4.70.